The van der Waals surface area contributed by atoms with E-state index in [1.807, 2.05) is 0 Å². The highest BCUT2D eigenvalue weighted by molar-refractivity contribution is 5.64. The van der Waals surface area contributed by atoms with Crippen LogP contribution in [0.4, 0.5) is 0 Å². The molecule has 1 nitrogen and oxygen atoms in total. The van der Waals surface area contributed by atoms with Crippen LogP contribution in [0.15, 0.2) is 12.2 Å². The maximum absolute atomic E-state index is 10.4. The van der Waals surface area contributed by atoms with Gasteiger partial charge in [-0.15, -0.1) is 0 Å². The van der Waals surface area contributed by atoms with E-state index in [2.05, 4.69) is 13.0 Å². The Morgan fingerprint density at radius 3 is 2.93 bits per heavy atom. The molecule has 0 aromatic carbocycles. The largest absolute Gasteiger partial charge is 0.299 e. The molecule has 0 N–H and O–H groups in total. The van der Waals surface area contributed by atoms with Gasteiger partial charge in [-0.05, 0) is 67.3 Å². The predicted molar refractivity (Wildman–Crippen MR) is 60.4 cm³/mol. The Kier molecular flexibility index (Phi) is 2.05. The predicted octanol–water partition coefficient (Wildman–Crippen LogP) is 3.20. The smallest absolute Gasteiger partial charge is 0.142 e. The van der Waals surface area contributed by atoms with Crippen LogP contribution in [0.1, 0.15) is 39.0 Å². The molecule has 3 saturated carbocycles. The SMILES string of the molecule is CC12CCC(/C=C/C=O)[C@@H]1C1CCC2C1. The van der Waals surface area contributed by atoms with E-state index < -0.39 is 0 Å². The highest BCUT2D eigenvalue weighted by Crippen LogP contribution is 2.67. The van der Waals surface area contributed by atoms with Crippen molar-refractivity contribution in [2.75, 3.05) is 0 Å². The van der Waals surface area contributed by atoms with Crippen LogP contribution in [0.25, 0.3) is 0 Å². The van der Waals surface area contributed by atoms with Gasteiger partial charge in [0, 0.05) is 0 Å². The Labute approximate surface area is 91.9 Å². The summed E-state index contributed by atoms with van der Waals surface area (Å²) in [6.45, 7) is 2.51. The van der Waals surface area contributed by atoms with Crippen LogP contribution in [0.2, 0.25) is 0 Å². The molecule has 82 valence electrons. The summed E-state index contributed by atoms with van der Waals surface area (Å²) in [6, 6.07) is 0. The van der Waals surface area contributed by atoms with Gasteiger partial charge in [-0.25, -0.2) is 0 Å². The number of allylic oxidation sites excluding steroid dienone is 2. The quantitative estimate of drug-likeness (QED) is 0.498. The zero-order chi connectivity index (χ0) is 10.5. The Morgan fingerprint density at radius 1 is 1.27 bits per heavy atom. The lowest BCUT2D eigenvalue weighted by Crippen LogP contribution is -2.31. The fraction of sp³-hybridized carbons (Fsp3) is 0.786. The molecule has 0 spiro atoms. The Bertz CT molecular complexity index is 306. The summed E-state index contributed by atoms with van der Waals surface area (Å²) < 4.78 is 0. The summed E-state index contributed by atoms with van der Waals surface area (Å²) in [5, 5.41) is 0. The van der Waals surface area contributed by atoms with Gasteiger partial charge in [0.25, 0.3) is 0 Å². The number of hydrogen-bond acceptors (Lipinski definition) is 1. The van der Waals surface area contributed by atoms with Gasteiger partial charge in [-0.1, -0.05) is 13.0 Å². The average molecular weight is 204 g/mol. The van der Waals surface area contributed by atoms with Crippen LogP contribution in [0.3, 0.4) is 0 Å². The van der Waals surface area contributed by atoms with Crippen molar-refractivity contribution in [2.24, 2.45) is 29.1 Å². The Morgan fingerprint density at radius 2 is 2.13 bits per heavy atom. The molecule has 1 heteroatoms. The minimum Gasteiger partial charge on any atom is -0.299 e. The van der Waals surface area contributed by atoms with Crippen molar-refractivity contribution in [3.8, 4) is 0 Å². The van der Waals surface area contributed by atoms with E-state index in [0.717, 1.165) is 24.0 Å². The fourth-order valence-corrected chi connectivity index (χ4v) is 5.02. The summed E-state index contributed by atoms with van der Waals surface area (Å²) in [5.74, 6) is 3.58. The van der Waals surface area contributed by atoms with Crippen LogP contribution < -0.4 is 0 Å². The molecule has 3 aliphatic carbocycles. The third-order valence-corrected chi connectivity index (χ3v) is 5.59. The number of carbonyl (C=O) groups is 1. The molecule has 0 amide bonds. The second-order valence-electron chi connectivity index (χ2n) is 6.03. The maximum atomic E-state index is 10.4. The Hall–Kier alpha value is -0.590. The third kappa shape index (κ3) is 1.18. The van der Waals surface area contributed by atoms with Crippen molar-refractivity contribution < 1.29 is 4.79 Å². The molecule has 5 atom stereocenters. The van der Waals surface area contributed by atoms with E-state index in [1.54, 1.807) is 6.08 Å². The first-order valence-electron chi connectivity index (χ1n) is 6.37. The monoisotopic (exact) mass is 204 g/mol. The van der Waals surface area contributed by atoms with Crippen molar-refractivity contribution in [3.63, 3.8) is 0 Å². The zero-order valence-electron chi connectivity index (χ0n) is 9.49. The molecule has 0 aromatic rings. The number of hydrogen-bond donors (Lipinski definition) is 0. The average Bonchev–Trinajstić information content (AvgIpc) is 2.85. The second-order valence-corrected chi connectivity index (χ2v) is 6.03. The fourth-order valence-electron chi connectivity index (χ4n) is 5.02. The lowest BCUT2D eigenvalue weighted by atomic mass is 9.67. The van der Waals surface area contributed by atoms with Gasteiger partial charge >= 0.3 is 0 Å². The maximum Gasteiger partial charge on any atom is 0.142 e. The molecule has 0 aromatic heterocycles. The summed E-state index contributed by atoms with van der Waals surface area (Å²) in [6.07, 6.45) is 12.0. The highest BCUT2D eigenvalue weighted by atomic mass is 16.1. The lowest BCUT2D eigenvalue weighted by Gasteiger charge is -2.37. The van der Waals surface area contributed by atoms with E-state index >= 15 is 0 Å². The first kappa shape index (κ1) is 9.62. The van der Waals surface area contributed by atoms with Gasteiger partial charge in [0.2, 0.25) is 0 Å². The van der Waals surface area contributed by atoms with E-state index in [9.17, 15) is 4.79 Å². The second kappa shape index (κ2) is 3.20. The molecule has 3 fully saturated rings. The van der Waals surface area contributed by atoms with Gasteiger partial charge < -0.3 is 0 Å². The molecular weight excluding hydrogens is 184 g/mol. The zero-order valence-corrected chi connectivity index (χ0v) is 9.49. The molecule has 15 heavy (non-hydrogen) atoms. The number of rotatable bonds is 2. The minimum atomic E-state index is 0.626. The molecule has 4 unspecified atom stereocenters. The highest BCUT2D eigenvalue weighted by Gasteiger charge is 2.59. The van der Waals surface area contributed by atoms with Crippen LogP contribution in [0.5, 0.6) is 0 Å². The van der Waals surface area contributed by atoms with Crippen molar-refractivity contribution in [1.82, 2.24) is 0 Å². The van der Waals surface area contributed by atoms with Crippen molar-refractivity contribution >= 4 is 6.29 Å². The summed E-state index contributed by atoms with van der Waals surface area (Å²) in [5.41, 5.74) is 0.626. The van der Waals surface area contributed by atoms with Crippen LogP contribution in [-0.4, -0.2) is 6.29 Å². The van der Waals surface area contributed by atoms with Gasteiger partial charge in [0.15, 0.2) is 0 Å². The molecule has 0 heterocycles. The third-order valence-electron chi connectivity index (χ3n) is 5.59. The molecule has 3 aliphatic rings. The molecule has 3 rings (SSSR count). The van der Waals surface area contributed by atoms with E-state index in [0.29, 0.717) is 11.3 Å². The van der Waals surface area contributed by atoms with E-state index in [4.69, 9.17) is 0 Å². The van der Waals surface area contributed by atoms with E-state index in [1.165, 1.54) is 32.1 Å². The van der Waals surface area contributed by atoms with Crippen LogP contribution >= 0.6 is 0 Å². The van der Waals surface area contributed by atoms with Gasteiger partial charge in [0.05, 0.1) is 0 Å². The van der Waals surface area contributed by atoms with Crippen LogP contribution in [0, 0.1) is 29.1 Å². The summed E-state index contributed by atoms with van der Waals surface area (Å²) in [7, 11) is 0. The number of aldehydes is 1. The first-order valence-corrected chi connectivity index (χ1v) is 6.37. The molecule has 0 saturated heterocycles. The molecule has 0 aliphatic heterocycles. The van der Waals surface area contributed by atoms with Crippen molar-refractivity contribution in [3.05, 3.63) is 12.2 Å². The number of carbonyl (C=O) groups excluding carboxylic acids is 1. The normalized spacial score (nSPS) is 52.6. The standard InChI is InChI=1S/C14H20O/c1-14-7-6-10(3-2-8-15)13(14)11-4-5-12(14)9-11/h2-3,8,10-13H,4-7,9H2,1H3/b3-2+/t10?,11?,12?,13-,14?/m1/s1. The summed E-state index contributed by atoms with van der Waals surface area (Å²) >= 11 is 0. The molecular formula is C14H20O. The van der Waals surface area contributed by atoms with Gasteiger partial charge in [0.1, 0.15) is 6.29 Å². The van der Waals surface area contributed by atoms with Gasteiger partial charge in [-0.3, -0.25) is 4.79 Å². The minimum absolute atomic E-state index is 0.626. The summed E-state index contributed by atoms with van der Waals surface area (Å²) in [4.78, 5) is 10.4. The van der Waals surface area contributed by atoms with Gasteiger partial charge in [-0.2, -0.15) is 0 Å². The molecule has 0 radical (unpaired) electrons. The lowest BCUT2D eigenvalue weighted by molar-refractivity contribution is -0.104. The van der Waals surface area contributed by atoms with E-state index in [-0.39, 0.29) is 0 Å². The molecule has 2 bridgehead atoms. The Balaban J connectivity index is 1.86. The van der Waals surface area contributed by atoms with Crippen molar-refractivity contribution in [2.45, 2.75) is 39.0 Å². The van der Waals surface area contributed by atoms with Crippen LogP contribution in [-0.2, 0) is 4.79 Å². The van der Waals surface area contributed by atoms with Crippen molar-refractivity contribution in [1.29, 1.82) is 0 Å². The number of fused-ring (bicyclic) bond motifs is 5. The first-order chi connectivity index (χ1) is 7.25. The topological polar surface area (TPSA) is 17.1 Å².